The monoisotopic (exact) mass is 522 g/mol. The fourth-order valence-electron chi connectivity index (χ4n) is 4.44. The number of amides is 1. The van der Waals surface area contributed by atoms with Crippen molar-refractivity contribution in [1.82, 2.24) is 0 Å². The van der Waals surface area contributed by atoms with Gasteiger partial charge in [0, 0.05) is 26.0 Å². The van der Waals surface area contributed by atoms with Crippen LogP contribution in [0.3, 0.4) is 0 Å². The standard InChI is InChI=1S/C26H23BrN2O3S/c1-32-19-6-4-5-17(13-19)21(30)15-29-23(31)14-28-25(16-9-11-18(27)12-10-16)24-20-7-2-3-8-22(20)33-26(24)29/h4-6,9-13H,2-3,7-8,14-15H2,1H3. The van der Waals surface area contributed by atoms with Gasteiger partial charge in [-0.2, -0.15) is 0 Å². The lowest BCUT2D eigenvalue weighted by Gasteiger charge is -2.20. The minimum Gasteiger partial charge on any atom is -0.497 e. The molecule has 168 valence electrons. The quantitative estimate of drug-likeness (QED) is 0.417. The van der Waals surface area contributed by atoms with Crippen molar-refractivity contribution in [3.05, 3.63) is 80.1 Å². The summed E-state index contributed by atoms with van der Waals surface area (Å²) in [6, 6.07) is 15.1. The van der Waals surface area contributed by atoms with Crippen molar-refractivity contribution in [3.63, 3.8) is 0 Å². The first kappa shape index (κ1) is 22.0. The van der Waals surface area contributed by atoms with E-state index in [1.807, 2.05) is 24.3 Å². The molecular weight excluding hydrogens is 500 g/mol. The van der Waals surface area contributed by atoms with Crippen LogP contribution < -0.4 is 9.64 Å². The molecule has 3 aromatic rings. The van der Waals surface area contributed by atoms with Gasteiger partial charge in [-0.05, 0) is 55.5 Å². The van der Waals surface area contributed by atoms with Crippen LogP contribution in [0.2, 0.25) is 0 Å². The molecule has 0 N–H and O–H groups in total. The molecule has 1 amide bonds. The molecule has 0 radical (unpaired) electrons. The molecule has 1 aliphatic heterocycles. The molecule has 2 aliphatic rings. The number of carbonyl (C=O) groups excluding carboxylic acids is 2. The van der Waals surface area contributed by atoms with Gasteiger partial charge >= 0.3 is 0 Å². The third kappa shape index (κ3) is 4.27. The molecule has 0 spiro atoms. The lowest BCUT2D eigenvalue weighted by atomic mass is 9.91. The summed E-state index contributed by atoms with van der Waals surface area (Å²) >= 11 is 5.15. The second kappa shape index (κ2) is 9.23. The van der Waals surface area contributed by atoms with Crippen LogP contribution in [0, 0.1) is 0 Å². The van der Waals surface area contributed by atoms with Gasteiger partial charge in [-0.3, -0.25) is 19.5 Å². The van der Waals surface area contributed by atoms with E-state index in [1.54, 1.807) is 47.6 Å². The Bertz CT molecular complexity index is 1260. The maximum absolute atomic E-state index is 13.3. The average molecular weight is 523 g/mol. The van der Waals surface area contributed by atoms with Gasteiger partial charge in [0.05, 0.1) is 19.4 Å². The zero-order valence-corrected chi connectivity index (χ0v) is 20.7. The van der Waals surface area contributed by atoms with Crippen molar-refractivity contribution in [2.75, 3.05) is 25.1 Å². The topological polar surface area (TPSA) is 59.0 Å². The van der Waals surface area contributed by atoms with Crippen LogP contribution in [0.15, 0.2) is 58.0 Å². The van der Waals surface area contributed by atoms with E-state index in [9.17, 15) is 9.59 Å². The number of hydrogen-bond donors (Lipinski definition) is 0. The Morgan fingerprint density at radius 3 is 2.73 bits per heavy atom. The van der Waals surface area contributed by atoms with Crippen LogP contribution in [0.5, 0.6) is 5.75 Å². The number of Topliss-reactive ketones (excluding diaryl/α,β-unsaturated/α-hetero) is 1. The molecule has 0 fully saturated rings. The molecule has 1 aromatic heterocycles. The third-order valence-electron chi connectivity index (χ3n) is 6.12. The van der Waals surface area contributed by atoms with Gasteiger partial charge in [-0.1, -0.05) is 40.2 Å². The Kier molecular flexibility index (Phi) is 6.17. The maximum Gasteiger partial charge on any atom is 0.249 e. The lowest BCUT2D eigenvalue weighted by molar-refractivity contribution is -0.117. The molecule has 0 saturated heterocycles. The number of benzene rings is 2. The van der Waals surface area contributed by atoms with Crippen molar-refractivity contribution in [3.8, 4) is 5.75 Å². The van der Waals surface area contributed by atoms with E-state index >= 15 is 0 Å². The molecular formula is C26H23BrN2O3S. The number of aliphatic imine (C=N–C) groups is 1. The highest BCUT2D eigenvalue weighted by Crippen LogP contribution is 2.42. The largest absolute Gasteiger partial charge is 0.497 e. The molecule has 7 heteroatoms. The molecule has 2 aromatic carbocycles. The smallest absolute Gasteiger partial charge is 0.249 e. The van der Waals surface area contributed by atoms with E-state index < -0.39 is 0 Å². The first-order valence-electron chi connectivity index (χ1n) is 11.0. The number of anilines is 1. The Hall–Kier alpha value is -2.77. The molecule has 0 saturated carbocycles. The Morgan fingerprint density at radius 2 is 1.94 bits per heavy atom. The number of aryl methyl sites for hydroxylation is 1. The van der Waals surface area contributed by atoms with E-state index in [2.05, 4.69) is 15.9 Å². The second-order valence-electron chi connectivity index (χ2n) is 8.20. The maximum atomic E-state index is 13.3. The molecule has 5 nitrogen and oxygen atoms in total. The minimum atomic E-state index is -0.154. The van der Waals surface area contributed by atoms with Crippen molar-refractivity contribution in [2.45, 2.75) is 25.7 Å². The van der Waals surface area contributed by atoms with Crippen LogP contribution >= 0.6 is 27.3 Å². The number of carbonyl (C=O) groups is 2. The predicted molar refractivity (Wildman–Crippen MR) is 135 cm³/mol. The van der Waals surface area contributed by atoms with Crippen molar-refractivity contribution >= 4 is 49.7 Å². The van der Waals surface area contributed by atoms with Gasteiger partial charge < -0.3 is 4.74 Å². The first-order valence-corrected chi connectivity index (χ1v) is 12.6. The SMILES string of the molecule is COc1cccc(C(=O)CN2C(=O)CN=C(c3ccc(Br)cc3)c3c2sc2c3CCCC2)c1. The normalized spacial score (nSPS) is 15.4. The number of thiophene rings is 1. The van der Waals surface area contributed by atoms with Crippen LogP contribution in [-0.2, 0) is 17.6 Å². The Morgan fingerprint density at radius 1 is 1.15 bits per heavy atom. The molecule has 2 heterocycles. The van der Waals surface area contributed by atoms with Crippen molar-refractivity contribution in [2.24, 2.45) is 4.99 Å². The average Bonchev–Trinajstić information content (AvgIpc) is 3.16. The highest BCUT2D eigenvalue weighted by molar-refractivity contribution is 9.10. The van der Waals surface area contributed by atoms with Crippen molar-refractivity contribution in [1.29, 1.82) is 0 Å². The number of halogens is 1. The highest BCUT2D eigenvalue weighted by atomic mass is 79.9. The van der Waals surface area contributed by atoms with Crippen molar-refractivity contribution < 1.29 is 14.3 Å². The van der Waals surface area contributed by atoms with Crippen LogP contribution in [-0.4, -0.2) is 37.6 Å². The summed E-state index contributed by atoms with van der Waals surface area (Å²) < 4.78 is 6.26. The summed E-state index contributed by atoms with van der Waals surface area (Å²) in [5, 5.41) is 0.849. The highest BCUT2D eigenvalue weighted by Gasteiger charge is 2.33. The number of ether oxygens (including phenoxy) is 1. The number of rotatable bonds is 5. The number of hydrogen-bond acceptors (Lipinski definition) is 5. The van der Waals surface area contributed by atoms with Gasteiger partial charge in [0.15, 0.2) is 5.78 Å². The Labute approximate surface area is 205 Å². The predicted octanol–water partition coefficient (Wildman–Crippen LogP) is 5.46. The summed E-state index contributed by atoms with van der Waals surface area (Å²) in [6.45, 7) is 0.00843. The molecule has 0 unspecified atom stereocenters. The fourth-order valence-corrected chi connectivity index (χ4v) is 6.11. The van der Waals surface area contributed by atoms with E-state index in [0.717, 1.165) is 52.0 Å². The lowest BCUT2D eigenvalue weighted by Crippen LogP contribution is -2.36. The summed E-state index contributed by atoms with van der Waals surface area (Å²) in [7, 11) is 1.57. The summed E-state index contributed by atoms with van der Waals surface area (Å²) in [5.41, 5.74) is 4.68. The summed E-state index contributed by atoms with van der Waals surface area (Å²) in [4.78, 5) is 34.2. The van der Waals surface area contributed by atoms with Crippen LogP contribution in [0.1, 0.15) is 44.8 Å². The van der Waals surface area contributed by atoms with Gasteiger partial charge in [-0.25, -0.2) is 0 Å². The van der Waals surface area contributed by atoms with Crippen LogP contribution in [0.25, 0.3) is 0 Å². The van der Waals surface area contributed by atoms with Gasteiger partial charge in [-0.15, -0.1) is 11.3 Å². The summed E-state index contributed by atoms with van der Waals surface area (Å²) in [6.07, 6.45) is 4.25. The second-order valence-corrected chi connectivity index (χ2v) is 10.2. The molecule has 33 heavy (non-hydrogen) atoms. The van der Waals surface area contributed by atoms with Crippen LogP contribution in [0.4, 0.5) is 5.00 Å². The van der Waals surface area contributed by atoms with Gasteiger partial charge in [0.25, 0.3) is 0 Å². The van der Waals surface area contributed by atoms with Gasteiger partial charge in [0.2, 0.25) is 5.91 Å². The van der Waals surface area contributed by atoms with E-state index in [1.165, 1.54) is 10.4 Å². The fraction of sp³-hybridized carbons (Fsp3) is 0.269. The molecule has 0 atom stereocenters. The third-order valence-corrected chi connectivity index (χ3v) is 7.96. The zero-order chi connectivity index (χ0) is 22.9. The van der Waals surface area contributed by atoms with E-state index in [0.29, 0.717) is 11.3 Å². The number of ketones is 1. The summed E-state index contributed by atoms with van der Waals surface area (Å²) in [5.74, 6) is 0.348. The number of fused-ring (bicyclic) bond motifs is 3. The number of methoxy groups -OCH3 is 1. The van der Waals surface area contributed by atoms with Gasteiger partial charge in [0.1, 0.15) is 17.3 Å². The first-order chi connectivity index (χ1) is 16.0. The zero-order valence-electron chi connectivity index (χ0n) is 18.3. The minimum absolute atomic E-state index is 0.0124. The van der Waals surface area contributed by atoms with E-state index in [4.69, 9.17) is 9.73 Å². The number of nitrogens with zero attached hydrogens (tertiary/aromatic N) is 2. The Balaban J connectivity index is 1.58. The van der Waals surface area contributed by atoms with E-state index in [-0.39, 0.29) is 24.8 Å². The molecule has 0 bridgehead atoms. The molecule has 1 aliphatic carbocycles. The molecule has 5 rings (SSSR count).